The fraction of sp³-hybridized carbons (Fsp3) is 0.545. The van der Waals surface area contributed by atoms with Gasteiger partial charge in [-0.2, -0.15) is 0 Å². The summed E-state index contributed by atoms with van der Waals surface area (Å²) in [6.07, 6.45) is -0.880. The molecule has 114 valence electrons. The average molecular weight is 386 g/mol. The molecule has 0 spiro atoms. The van der Waals surface area contributed by atoms with Gasteiger partial charge in [0.1, 0.15) is 9.77 Å². The maximum absolute atomic E-state index is 12.3. The number of rotatable bonds is 5. The highest BCUT2D eigenvalue weighted by Gasteiger charge is 2.32. The number of hydrogen-bond acceptors (Lipinski definition) is 6. The number of aliphatic hydroxyl groups is 1. The molecule has 9 heteroatoms. The molecule has 1 atom stereocenters. The molecule has 0 fully saturated rings. The molecular formula is C11H16BrNO5S2. The Morgan fingerprint density at radius 2 is 2.10 bits per heavy atom. The van der Waals surface area contributed by atoms with E-state index in [1.807, 2.05) is 0 Å². The van der Waals surface area contributed by atoms with E-state index in [2.05, 4.69) is 25.4 Å². The first-order valence-corrected chi connectivity index (χ1v) is 8.70. The van der Waals surface area contributed by atoms with Crippen LogP contribution in [0.15, 0.2) is 14.7 Å². The normalized spacial score (nSPS) is 14.1. The van der Waals surface area contributed by atoms with E-state index in [1.165, 1.54) is 20.1 Å². The number of sulfonamides is 1. The minimum Gasteiger partial charge on any atom is -0.465 e. The van der Waals surface area contributed by atoms with Crippen LogP contribution in [-0.4, -0.2) is 38.2 Å². The van der Waals surface area contributed by atoms with Crippen molar-refractivity contribution in [3.63, 3.8) is 0 Å². The Bertz CT molecular complexity index is 606. The third-order valence-electron chi connectivity index (χ3n) is 2.77. The highest BCUT2D eigenvalue weighted by atomic mass is 79.9. The Morgan fingerprint density at radius 1 is 1.55 bits per heavy atom. The zero-order valence-electron chi connectivity index (χ0n) is 11.4. The number of halogens is 1. The van der Waals surface area contributed by atoms with Crippen LogP contribution < -0.4 is 4.72 Å². The topological polar surface area (TPSA) is 92.7 Å². The molecule has 0 aliphatic carbocycles. The van der Waals surface area contributed by atoms with Crippen molar-refractivity contribution in [1.29, 1.82) is 0 Å². The first-order valence-electron chi connectivity index (χ1n) is 5.61. The second-order valence-electron chi connectivity index (χ2n) is 4.74. The molecule has 0 aliphatic heterocycles. The van der Waals surface area contributed by atoms with Crippen molar-refractivity contribution in [2.45, 2.75) is 37.3 Å². The second kappa shape index (κ2) is 6.10. The van der Waals surface area contributed by atoms with Crippen LogP contribution in [0.3, 0.4) is 0 Å². The summed E-state index contributed by atoms with van der Waals surface area (Å²) < 4.78 is 31.9. The second-order valence-corrected chi connectivity index (χ2v) is 8.76. The molecular weight excluding hydrogens is 370 g/mol. The summed E-state index contributed by atoms with van der Waals surface area (Å²) in [5.41, 5.74) is -1.04. The van der Waals surface area contributed by atoms with Crippen LogP contribution in [0.5, 0.6) is 0 Å². The number of thiophene rings is 1. The Morgan fingerprint density at radius 3 is 2.55 bits per heavy atom. The summed E-state index contributed by atoms with van der Waals surface area (Å²) >= 11 is 4.09. The summed E-state index contributed by atoms with van der Waals surface area (Å²) in [4.78, 5) is 11.5. The Balaban J connectivity index is 3.17. The van der Waals surface area contributed by atoms with Gasteiger partial charge in [-0.1, -0.05) is 0 Å². The van der Waals surface area contributed by atoms with E-state index in [4.69, 9.17) is 0 Å². The third kappa shape index (κ3) is 3.79. The maximum Gasteiger partial charge on any atom is 0.348 e. The molecule has 0 aliphatic rings. The highest BCUT2D eigenvalue weighted by molar-refractivity contribution is 9.11. The van der Waals surface area contributed by atoms with Gasteiger partial charge in [0.2, 0.25) is 10.0 Å². The fourth-order valence-electron chi connectivity index (χ4n) is 1.22. The summed E-state index contributed by atoms with van der Waals surface area (Å²) in [5, 5.41) is 9.58. The van der Waals surface area contributed by atoms with Gasteiger partial charge in [0.25, 0.3) is 0 Å². The summed E-state index contributed by atoms with van der Waals surface area (Å²) in [6, 6.07) is 1.24. The van der Waals surface area contributed by atoms with E-state index in [1.54, 1.807) is 13.8 Å². The van der Waals surface area contributed by atoms with Gasteiger partial charge in [0.15, 0.2) is 0 Å². The van der Waals surface area contributed by atoms with Crippen molar-refractivity contribution in [1.82, 2.24) is 4.72 Å². The highest BCUT2D eigenvalue weighted by Crippen LogP contribution is 2.32. The first-order chi connectivity index (χ1) is 9.01. The van der Waals surface area contributed by atoms with Crippen molar-refractivity contribution in [2.24, 2.45) is 0 Å². The van der Waals surface area contributed by atoms with Crippen LogP contribution >= 0.6 is 27.3 Å². The number of nitrogens with one attached hydrogen (secondary N) is 1. The molecule has 6 nitrogen and oxygen atoms in total. The molecule has 0 bridgehead atoms. The van der Waals surface area contributed by atoms with Crippen LogP contribution in [0.25, 0.3) is 0 Å². The van der Waals surface area contributed by atoms with Gasteiger partial charge in [-0.3, -0.25) is 0 Å². The van der Waals surface area contributed by atoms with Gasteiger partial charge in [0.05, 0.1) is 22.5 Å². The quantitative estimate of drug-likeness (QED) is 0.752. The van der Waals surface area contributed by atoms with Gasteiger partial charge in [0, 0.05) is 0 Å². The SMILES string of the molecule is COC(=O)c1cc(S(=O)(=O)NC(C)(C)C(C)O)c(Br)s1. The summed E-state index contributed by atoms with van der Waals surface area (Å²) in [6.45, 7) is 4.62. The van der Waals surface area contributed by atoms with Gasteiger partial charge in [-0.25, -0.2) is 17.9 Å². The van der Waals surface area contributed by atoms with Gasteiger partial charge < -0.3 is 9.84 Å². The van der Waals surface area contributed by atoms with E-state index in [0.29, 0.717) is 3.79 Å². The first kappa shape index (κ1) is 17.6. The average Bonchev–Trinajstić information content (AvgIpc) is 2.69. The number of hydrogen-bond donors (Lipinski definition) is 2. The van der Waals surface area contributed by atoms with Crippen molar-refractivity contribution in [2.75, 3.05) is 7.11 Å². The zero-order chi connectivity index (χ0) is 15.7. The maximum atomic E-state index is 12.3. The fourth-order valence-corrected chi connectivity index (χ4v) is 5.18. The number of carbonyl (C=O) groups excluding carboxylic acids is 1. The molecule has 0 radical (unpaired) electrons. The lowest BCUT2D eigenvalue weighted by molar-refractivity contribution is 0.0606. The van der Waals surface area contributed by atoms with Crippen molar-refractivity contribution >= 4 is 43.3 Å². The minimum atomic E-state index is -3.87. The predicted octanol–water partition coefficient (Wildman–Crippen LogP) is 1.73. The Hall–Kier alpha value is -0.480. The standard InChI is InChI=1S/C11H16BrNO5S2/c1-6(14)11(2,3)13-20(16,17)8-5-7(10(15)18-4)19-9(8)12/h5-6,13-14H,1-4H3. The number of ether oxygens (including phenoxy) is 1. The summed E-state index contributed by atoms with van der Waals surface area (Å²) in [7, 11) is -2.65. The van der Waals surface area contributed by atoms with Crippen molar-refractivity contribution < 1.29 is 23.1 Å². The molecule has 1 heterocycles. The number of esters is 1. The molecule has 1 aromatic heterocycles. The number of aliphatic hydroxyl groups excluding tert-OH is 1. The molecule has 0 saturated carbocycles. The monoisotopic (exact) mass is 385 g/mol. The lowest BCUT2D eigenvalue weighted by Crippen LogP contribution is -2.50. The predicted molar refractivity (Wildman–Crippen MR) is 79.4 cm³/mol. The summed E-state index contributed by atoms with van der Waals surface area (Å²) in [5.74, 6) is -0.605. The lowest BCUT2D eigenvalue weighted by Gasteiger charge is -2.28. The molecule has 20 heavy (non-hydrogen) atoms. The van der Waals surface area contributed by atoms with Gasteiger partial charge >= 0.3 is 5.97 Å². The Labute approximate surface area is 130 Å². The lowest BCUT2D eigenvalue weighted by atomic mass is 10.0. The van der Waals surface area contributed by atoms with E-state index in [9.17, 15) is 18.3 Å². The van der Waals surface area contributed by atoms with E-state index in [-0.39, 0.29) is 9.77 Å². The van der Waals surface area contributed by atoms with Gasteiger partial charge in [-0.15, -0.1) is 11.3 Å². The van der Waals surface area contributed by atoms with Crippen LogP contribution in [0.1, 0.15) is 30.4 Å². The minimum absolute atomic E-state index is 0.0587. The van der Waals surface area contributed by atoms with Crippen molar-refractivity contribution in [3.8, 4) is 0 Å². The molecule has 1 unspecified atom stereocenters. The molecule has 1 rings (SSSR count). The Kier molecular flexibility index (Phi) is 5.36. The van der Waals surface area contributed by atoms with Crippen LogP contribution in [-0.2, 0) is 14.8 Å². The molecule has 0 aromatic carbocycles. The number of carbonyl (C=O) groups is 1. The zero-order valence-corrected chi connectivity index (χ0v) is 14.6. The van der Waals surface area contributed by atoms with Crippen molar-refractivity contribution in [3.05, 3.63) is 14.7 Å². The van der Waals surface area contributed by atoms with Gasteiger partial charge in [-0.05, 0) is 42.8 Å². The molecule has 0 saturated heterocycles. The van der Waals surface area contributed by atoms with Crippen LogP contribution in [0, 0.1) is 0 Å². The third-order valence-corrected chi connectivity index (χ3v) is 6.68. The van der Waals surface area contributed by atoms with E-state index < -0.39 is 27.6 Å². The number of methoxy groups -OCH3 is 1. The van der Waals surface area contributed by atoms with Crippen LogP contribution in [0.4, 0.5) is 0 Å². The molecule has 2 N–H and O–H groups in total. The van der Waals surface area contributed by atoms with E-state index in [0.717, 1.165) is 11.3 Å². The molecule has 0 amide bonds. The smallest absolute Gasteiger partial charge is 0.348 e. The van der Waals surface area contributed by atoms with Crippen LogP contribution in [0.2, 0.25) is 0 Å². The largest absolute Gasteiger partial charge is 0.465 e. The van der Waals surface area contributed by atoms with E-state index >= 15 is 0 Å². The molecule has 1 aromatic rings.